The first-order valence-electron chi connectivity index (χ1n) is 10.4. The molecular formula is C24H14N4O8. The summed E-state index contributed by atoms with van der Waals surface area (Å²) in [6, 6.07) is 13.3. The second-order valence-corrected chi connectivity index (χ2v) is 7.94. The Morgan fingerprint density at radius 1 is 0.861 bits per heavy atom. The van der Waals surface area contributed by atoms with Crippen LogP contribution in [0.2, 0.25) is 0 Å². The Bertz CT molecular complexity index is 1650. The Kier molecular flexibility index (Phi) is 5.06. The molecule has 0 aliphatic heterocycles. The molecular weight excluding hydrogens is 472 g/mol. The normalized spacial score (nSPS) is 12.9. The van der Waals surface area contributed by atoms with E-state index in [2.05, 4.69) is 4.98 Å². The number of benzene rings is 3. The summed E-state index contributed by atoms with van der Waals surface area (Å²) in [6.07, 6.45) is 1.59. The van der Waals surface area contributed by atoms with E-state index in [1.165, 1.54) is 6.07 Å². The van der Waals surface area contributed by atoms with Gasteiger partial charge in [-0.1, -0.05) is 18.2 Å². The van der Waals surface area contributed by atoms with Crippen LogP contribution in [0.1, 0.15) is 27.2 Å². The number of nitrogens with zero attached hydrogens (tertiary/aromatic N) is 3. The number of ether oxygens (including phenoxy) is 1. The van der Waals surface area contributed by atoms with Crippen molar-refractivity contribution < 1.29 is 24.3 Å². The molecule has 12 nitrogen and oxygen atoms in total. The number of aromatic nitrogens is 1. The molecule has 0 saturated heterocycles. The lowest BCUT2D eigenvalue weighted by atomic mass is 9.97. The van der Waals surface area contributed by atoms with E-state index in [1.54, 1.807) is 12.1 Å². The maximum Gasteiger partial charge on any atom is 0.338 e. The monoisotopic (exact) mass is 486 g/mol. The zero-order valence-electron chi connectivity index (χ0n) is 18.4. The predicted octanol–water partition coefficient (Wildman–Crippen LogP) is 5.25. The summed E-state index contributed by atoms with van der Waals surface area (Å²) in [5.74, 6) is -0.944. The van der Waals surface area contributed by atoms with Crippen molar-refractivity contribution >= 4 is 45.6 Å². The smallest absolute Gasteiger partial charge is 0.338 e. The summed E-state index contributed by atoms with van der Waals surface area (Å²) in [5, 5.41) is 36.1. The Morgan fingerprint density at radius 2 is 1.50 bits per heavy atom. The summed E-state index contributed by atoms with van der Waals surface area (Å²) < 4.78 is 4.80. The number of aromatic amines is 1. The van der Waals surface area contributed by atoms with Crippen molar-refractivity contribution in [2.75, 3.05) is 7.11 Å². The van der Waals surface area contributed by atoms with Crippen LogP contribution >= 0.6 is 0 Å². The number of rotatable bonds is 5. The number of methoxy groups -OCH3 is 1. The molecule has 1 heterocycles. The standard InChI is InChI=1S/C24H14N4O8/c1-36-24(29)19-10-14(26(30)31)8-17-16(7-13-6-12-4-2-3-5-20(12)25-13)18-9-15(27(32)33)11-21(28(34)35)23(18)22(17)19/h2-11,25H,1H3/b16-7+. The first kappa shape index (κ1) is 22.4. The van der Waals surface area contributed by atoms with E-state index >= 15 is 0 Å². The number of nitro groups is 3. The summed E-state index contributed by atoms with van der Waals surface area (Å²) in [7, 11) is 1.08. The number of fused-ring (bicyclic) bond motifs is 4. The van der Waals surface area contributed by atoms with Gasteiger partial charge in [-0.2, -0.15) is 0 Å². The zero-order valence-corrected chi connectivity index (χ0v) is 18.4. The maximum atomic E-state index is 12.6. The van der Waals surface area contributed by atoms with Gasteiger partial charge in [-0.3, -0.25) is 30.3 Å². The van der Waals surface area contributed by atoms with Crippen LogP contribution in [-0.2, 0) is 4.74 Å². The van der Waals surface area contributed by atoms with Crippen LogP contribution in [-0.4, -0.2) is 32.8 Å². The van der Waals surface area contributed by atoms with Gasteiger partial charge in [0, 0.05) is 40.5 Å². The van der Waals surface area contributed by atoms with Gasteiger partial charge in [-0.25, -0.2) is 4.79 Å². The third-order valence-electron chi connectivity index (χ3n) is 5.93. The van der Waals surface area contributed by atoms with E-state index in [1.807, 2.05) is 24.3 Å². The van der Waals surface area contributed by atoms with E-state index < -0.39 is 37.8 Å². The van der Waals surface area contributed by atoms with Crippen LogP contribution in [0.5, 0.6) is 0 Å². The highest BCUT2D eigenvalue weighted by atomic mass is 16.6. The quantitative estimate of drug-likeness (QED) is 0.199. The molecule has 0 spiro atoms. The van der Waals surface area contributed by atoms with Crippen LogP contribution in [0, 0.1) is 30.3 Å². The third-order valence-corrected chi connectivity index (χ3v) is 5.93. The fraction of sp³-hybridized carbons (Fsp3) is 0.0417. The van der Waals surface area contributed by atoms with Gasteiger partial charge in [0.15, 0.2) is 0 Å². The summed E-state index contributed by atoms with van der Waals surface area (Å²) in [5.41, 5.74) is -0.0626. The zero-order chi connectivity index (χ0) is 25.7. The second-order valence-electron chi connectivity index (χ2n) is 7.94. The predicted molar refractivity (Wildman–Crippen MR) is 128 cm³/mol. The van der Waals surface area contributed by atoms with E-state index in [-0.39, 0.29) is 33.4 Å². The molecule has 1 aromatic heterocycles. The number of nitro benzene ring substituents is 3. The van der Waals surface area contributed by atoms with Crippen LogP contribution in [0.15, 0.2) is 54.6 Å². The van der Waals surface area contributed by atoms with Crippen molar-refractivity contribution in [2.45, 2.75) is 0 Å². The lowest BCUT2D eigenvalue weighted by Gasteiger charge is -2.08. The summed E-state index contributed by atoms with van der Waals surface area (Å²) in [4.78, 5) is 48.8. The molecule has 0 saturated carbocycles. The number of para-hydroxylation sites is 1. The number of carbonyl (C=O) groups excluding carboxylic acids is 1. The SMILES string of the molecule is COC(=O)c1cc([N+](=O)[O-])cc2c1-c1c(cc([N+](=O)[O-])cc1[N+](=O)[O-])/C2=C/c1cc2ccccc2[nH]1. The van der Waals surface area contributed by atoms with Gasteiger partial charge in [-0.05, 0) is 34.7 Å². The number of H-pyrrole nitrogens is 1. The highest BCUT2D eigenvalue weighted by Gasteiger charge is 2.38. The van der Waals surface area contributed by atoms with Crippen molar-refractivity contribution in [1.82, 2.24) is 4.98 Å². The van der Waals surface area contributed by atoms with E-state index in [9.17, 15) is 35.1 Å². The molecule has 1 N–H and O–H groups in total. The minimum absolute atomic E-state index is 0.0337. The first-order chi connectivity index (χ1) is 17.2. The maximum absolute atomic E-state index is 12.6. The average molecular weight is 486 g/mol. The Balaban J connectivity index is 1.92. The molecule has 3 aromatic carbocycles. The highest BCUT2D eigenvalue weighted by molar-refractivity contribution is 6.15. The topological polar surface area (TPSA) is 172 Å². The van der Waals surface area contributed by atoms with Crippen LogP contribution in [0.25, 0.3) is 33.7 Å². The molecule has 4 aromatic rings. The van der Waals surface area contributed by atoms with Gasteiger partial charge in [0.1, 0.15) is 0 Å². The van der Waals surface area contributed by atoms with E-state index in [0.717, 1.165) is 36.2 Å². The number of esters is 1. The molecule has 5 rings (SSSR count). The number of nitrogens with one attached hydrogen (secondary N) is 1. The Labute approximate surface area is 200 Å². The first-order valence-corrected chi connectivity index (χ1v) is 10.4. The molecule has 0 radical (unpaired) electrons. The molecule has 36 heavy (non-hydrogen) atoms. The lowest BCUT2D eigenvalue weighted by Crippen LogP contribution is -2.06. The number of non-ortho nitro benzene ring substituents is 2. The molecule has 1 aliphatic carbocycles. The Hall–Kier alpha value is -5.39. The Morgan fingerprint density at radius 3 is 2.11 bits per heavy atom. The molecule has 178 valence electrons. The fourth-order valence-electron chi connectivity index (χ4n) is 4.45. The van der Waals surface area contributed by atoms with Gasteiger partial charge in [-0.15, -0.1) is 0 Å². The minimum Gasteiger partial charge on any atom is -0.465 e. The van der Waals surface area contributed by atoms with Gasteiger partial charge in [0.05, 0.1) is 39.1 Å². The van der Waals surface area contributed by atoms with Crippen molar-refractivity contribution in [1.29, 1.82) is 0 Å². The molecule has 0 atom stereocenters. The molecule has 0 fully saturated rings. The van der Waals surface area contributed by atoms with Crippen molar-refractivity contribution in [3.8, 4) is 11.1 Å². The molecule has 1 aliphatic rings. The van der Waals surface area contributed by atoms with Gasteiger partial charge >= 0.3 is 5.97 Å². The van der Waals surface area contributed by atoms with Gasteiger partial charge in [0.25, 0.3) is 17.1 Å². The van der Waals surface area contributed by atoms with Crippen molar-refractivity contribution in [2.24, 2.45) is 0 Å². The molecule has 0 unspecified atom stereocenters. The third kappa shape index (κ3) is 3.44. The summed E-state index contributed by atoms with van der Waals surface area (Å²) in [6.45, 7) is 0. The fourth-order valence-corrected chi connectivity index (χ4v) is 4.45. The number of carbonyl (C=O) groups is 1. The number of hydrogen-bond acceptors (Lipinski definition) is 8. The van der Waals surface area contributed by atoms with Crippen molar-refractivity contribution in [3.05, 3.63) is 107 Å². The summed E-state index contributed by atoms with van der Waals surface area (Å²) >= 11 is 0. The van der Waals surface area contributed by atoms with Crippen LogP contribution < -0.4 is 0 Å². The molecule has 0 amide bonds. The average Bonchev–Trinajstić information content (AvgIpc) is 3.41. The second kappa shape index (κ2) is 8.13. The van der Waals surface area contributed by atoms with Crippen molar-refractivity contribution in [3.63, 3.8) is 0 Å². The highest BCUT2D eigenvalue weighted by Crippen LogP contribution is 2.53. The molecule has 0 bridgehead atoms. The lowest BCUT2D eigenvalue weighted by molar-refractivity contribution is -0.393. The van der Waals surface area contributed by atoms with Crippen LogP contribution in [0.3, 0.4) is 0 Å². The largest absolute Gasteiger partial charge is 0.465 e. The van der Waals surface area contributed by atoms with Gasteiger partial charge < -0.3 is 9.72 Å². The van der Waals surface area contributed by atoms with Gasteiger partial charge in [0.2, 0.25) is 0 Å². The minimum atomic E-state index is -0.944. The number of hydrogen-bond donors (Lipinski definition) is 1. The van der Waals surface area contributed by atoms with Crippen LogP contribution in [0.4, 0.5) is 17.1 Å². The van der Waals surface area contributed by atoms with E-state index in [4.69, 9.17) is 4.74 Å². The molecule has 12 heteroatoms. The van der Waals surface area contributed by atoms with E-state index in [0.29, 0.717) is 5.69 Å².